The van der Waals surface area contributed by atoms with Gasteiger partial charge in [-0.2, -0.15) is 0 Å². The zero-order valence-electron chi connectivity index (χ0n) is 19.4. The Kier molecular flexibility index (Phi) is 6.41. The highest BCUT2D eigenvalue weighted by Gasteiger charge is 2.44. The first-order valence-corrected chi connectivity index (χ1v) is 12.3. The number of anilines is 1. The third-order valence-electron chi connectivity index (χ3n) is 6.99. The molecule has 182 valence electrons. The summed E-state index contributed by atoms with van der Waals surface area (Å²) in [5.74, 6) is -1.06. The molecule has 0 radical (unpaired) electrons. The predicted octanol–water partition coefficient (Wildman–Crippen LogP) is 7.13. The molecule has 2 unspecified atom stereocenters. The monoisotopic (exact) mass is 520 g/mol. The van der Waals surface area contributed by atoms with Crippen LogP contribution in [0.25, 0.3) is 0 Å². The van der Waals surface area contributed by atoms with E-state index in [2.05, 4.69) is 0 Å². The normalized spacial score (nSPS) is 19.9. The summed E-state index contributed by atoms with van der Waals surface area (Å²) in [6.07, 6.45) is 0.695. The number of carbonyl (C=O) groups excluding carboxylic acids is 2. The van der Waals surface area contributed by atoms with Crippen LogP contribution in [-0.4, -0.2) is 16.6 Å². The van der Waals surface area contributed by atoms with Crippen molar-refractivity contribution in [2.24, 2.45) is 0 Å². The topological polar surface area (TPSA) is 80.5 Å². The molecule has 0 N–H and O–H groups in total. The molecule has 0 saturated carbocycles. The van der Waals surface area contributed by atoms with Crippen LogP contribution in [0, 0.1) is 17.0 Å². The van der Waals surface area contributed by atoms with E-state index in [0.29, 0.717) is 44.6 Å². The molecule has 1 heterocycles. The lowest BCUT2D eigenvalue weighted by molar-refractivity contribution is -0.384. The highest BCUT2D eigenvalue weighted by Crippen LogP contribution is 2.50. The van der Waals surface area contributed by atoms with E-state index in [9.17, 15) is 19.7 Å². The Bertz CT molecular complexity index is 1410. The lowest BCUT2D eigenvalue weighted by atomic mass is 9.72. The number of aryl methyl sites for hydroxylation is 1. The molecule has 1 aliphatic heterocycles. The number of nitro groups is 1. The minimum atomic E-state index is -0.590. The van der Waals surface area contributed by atoms with Gasteiger partial charge in [0.15, 0.2) is 5.78 Å². The van der Waals surface area contributed by atoms with Gasteiger partial charge in [0.05, 0.1) is 10.6 Å². The third kappa shape index (κ3) is 4.21. The molecule has 0 saturated heterocycles. The van der Waals surface area contributed by atoms with E-state index in [1.165, 1.54) is 17.0 Å². The van der Waals surface area contributed by atoms with Crippen LogP contribution in [0.1, 0.15) is 47.8 Å². The van der Waals surface area contributed by atoms with Crippen molar-refractivity contribution < 1.29 is 14.5 Å². The summed E-state index contributed by atoms with van der Waals surface area (Å²) < 4.78 is 0. The highest BCUT2D eigenvalue weighted by atomic mass is 35.5. The number of nitro benzene ring substituents is 1. The van der Waals surface area contributed by atoms with Gasteiger partial charge in [0.1, 0.15) is 0 Å². The molecule has 2 atom stereocenters. The summed E-state index contributed by atoms with van der Waals surface area (Å²) in [5.41, 5.74) is 3.60. The van der Waals surface area contributed by atoms with Gasteiger partial charge in [0, 0.05) is 52.2 Å². The Labute approximate surface area is 218 Å². The summed E-state index contributed by atoms with van der Waals surface area (Å²) in [6, 6.07) is 19.3. The number of ketones is 1. The minimum absolute atomic E-state index is 0.0217. The number of nitrogens with zero attached hydrogens (tertiary/aromatic N) is 2. The number of hydrogen-bond acceptors (Lipinski definition) is 4. The van der Waals surface area contributed by atoms with Crippen molar-refractivity contribution in [1.29, 1.82) is 0 Å². The fourth-order valence-corrected chi connectivity index (χ4v) is 5.98. The highest BCUT2D eigenvalue weighted by molar-refractivity contribution is 6.36. The second-order valence-corrected chi connectivity index (χ2v) is 9.96. The van der Waals surface area contributed by atoms with Gasteiger partial charge in [-0.25, -0.2) is 0 Å². The first kappa shape index (κ1) is 24.2. The molecular formula is C28H22Cl2N2O4. The Morgan fingerprint density at radius 2 is 1.61 bits per heavy atom. The van der Waals surface area contributed by atoms with Crippen molar-refractivity contribution >= 4 is 46.3 Å². The van der Waals surface area contributed by atoms with Gasteiger partial charge >= 0.3 is 0 Å². The summed E-state index contributed by atoms with van der Waals surface area (Å²) in [7, 11) is 0. The Hall–Kier alpha value is -3.48. The molecule has 5 rings (SSSR count). The molecule has 3 aromatic rings. The van der Waals surface area contributed by atoms with Crippen LogP contribution in [0.15, 0.2) is 78.0 Å². The fraction of sp³-hybridized carbons (Fsp3) is 0.214. The molecule has 1 amide bonds. The molecule has 1 aliphatic carbocycles. The van der Waals surface area contributed by atoms with E-state index in [1.807, 2.05) is 30.3 Å². The molecule has 0 fully saturated rings. The van der Waals surface area contributed by atoms with Crippen LogP contribution in [0.4, 0.5) is 11.4 Å². The maximum atomic E-state index is 13.8. The molecule has 0 spiro atoms. The summed E-state index contributed by atoms with van der Waals surface area (Å²) >= 11 is 13.1. The van der Waals surface area contributed by atoms with Gasteiger partial charge in [-0.1, -0.05) is 65.7 Å². The van der Waals surface area contributed by atoms with Crippen LogP contribution in [0.5, 0.6) is 0 Å². The molecule has 2 aliphatic rings. The number of rotatable bonds is 4. The third-order valence-corrected chi connectivity index (χ3v) is 7.65. The van der Waals surface area contributed by atoms with Gasteiger partial charge in [-0.15, -0.1) is 0 Å². The van der Waals surface area contributed by atoms with Crippen molar-refractivity contribution in [3.8, 4) is 0 Å². The Morgan fingerprint density at radius 1 is 0.917 bits per heavy atom. The lowest BCUT2D eigenvalue weighted by Crippen LogP contribution is -2.42. The van der Waals surface area contributed by atoms with Crippen molar-refractivity contribution in [2.45, 2.75) is 38.0 Å². The smallest absolute Gasteiger partial charge is 0.271 e. The Balaban J connectivity index is 1.73. The molecule has 0 aromatic heterocycles. The largest absolute Gasteiger partial charge is 0.294 e. The standard InChI is InChI=1S/C28H22Cl2N2O4/c1-16-10-11-19(32(35)36)14-23(16)31-24-12-18(17-6-3-2-4-7-17)13-25(33)28(24)20(15-26(31)34)27-21(29)8-5-9-22(27)30/h2-11,14,18,20H,12-13,15H2,1H3. The molecule has 36 heavy (non-hydrogen) atoms. The van der Waals surface area contributed by atoms with Crippen molar-refractivity contribution in [3.63, 3.8) is 0 Å². The predicted molar refractivity (Wildman–Crippen MR) is 140 cm³/mol. The van der Waals surface area contributed by atoms with Crippen LogP contribution in [-0.2, 0) is 9.59 Å². The molecule has 8 heteroatoms. The average Bonchev–Trinajstić information content (AvgIpc) is 2.84. The van der Waals surface area contributed by atoms with E-state index < -0.39 is 10.8 Å². The SMILES string of the molecule is Cc1ccc([N+](=O)[O-])cc1N1C(=O)CC(c2c(Cl)cccc2Cl)C2=C1CC(c1ccccc1)CC2=O. The van der Waals surface area contributed by atoms with Crippen LogP contribution in [0.3, 0.4) is 0 Å². The van der Waals surface area contributed by atoms with E-state index in [0.717, 1.165) is 5.56 Å². The molecule has 3 aromatic carbocycles. The van der Waals surface area contributed by atoms with Gasteiger partial charge < -0.3 is 0 Å². The quantitative estimate of drug-likeness (QED) is 0.270. The van der Waals surface area contributed by atoms with Crippen LogP contribution >= 0.6 is 23.2 Å². The maximum Gasteiger partial charge on any atom is 0.271 e. The van der Waals surface area contributed by atoms with Crippen LogP contribution < -0.4 is 4.90 Å². The van der Waals surface area contributed by atoms with Crippen molar-refractivity contribution in [3.05, 3.63) is 115 Å². The zero-order chi connectivity index (χ0) is 25.6. The summed E-state index contributed by atoms with van der Waals surface area (Å²) in [5, 5.41) is 12.3. The number of hydrogen-bond donors (Lipinski definition) is 0. The number of non-ortho nitro benzene ring substituents is 1. The second-order valence-electron chi connectivity index (χ2n) is 9.15. The molecular weight excluding hydrogens is 499 g/mol. The molecule has 6 nitrogen and oxygen atoms in total. The Morgan fingerprint density at radius 3 is 2.28 bits per heavy atom. The van der Waals surface area contributed by atoms with Gasteiger partial charge in [-0.3, -0.25) is 24.6 Å². The summed E-state index contributed by atoms with van der Waals surface area (Å²) in [6.45, 7) is 1.79. The minimum Gasteiger partial charge on any atom is -0.294 e. The number of halogens is 2. The van der Waals surface area contributed by atoms with Gasteiger partial charge in [-0.05, 0) is 48.1 Å². The van der Waals surface area contributed by atoms with E-state index in [4.69, 9.17) is 23.2 Å². The fourth-order valence-electron chi connectivity index (χ4n) is 5.32. The second kappa shape index (κ2) is 9.52. The van der Waals surface area contributed by atoms with E-state index in [1.54, 1.807) is 31.2 Å². The van der Waals surface area contributed by atoms with Gasteiger partial charge in [0.2, 0.25) is 5.91 Å². The molecule has 0 bridgehead atoms. The first-order chi connectivity index (χ1) is 17.3. The van der Waals surface area contributed by atoms with E-state index >= 15 is 0 Å². The first-order valence-electron chi connectivity index (χ1n) is 11.6. The van der Waals surface area contributed by atoms with Crippen molar-refractivity contribution in [2.75, 3.05) is 4.90 Å². The maximum absolute atomic E-state index is 13.8. The van der Waals surface area contributed by atoms with Crippen molar-refractivity contribution in [1.82, 2.24) is 0 Å². The lowest BCUT2D eigenvalue weighted by Gasteiger charge is -2.41. The van der Waals surface area contributed by atoms with E-state index in [-0.39, 0.29) is 36.1 Å². The average molecular weight is 521 g/mol. The number of amides is 1. The number of allylic oxidation sites excluding steroid dienone is 2. The zero-order valence-corrected chi connectivity index (χ0v) is 20.9. The summed E-state index contributed by atoms with van der Waals surface area (Å²) in [4.78, 5) is 40.1. The van der Waals surface area contributed by atoms with Gasteiger partial charge in [0.25, 0.3) is 5.69 Å². The number of Topliss-reactive ketones (excluding diaryl/α,β-unsaturated/α-hetero) is 1. The number of carbonyl (C=O) groups is 2. The van der Waals surface area contributed by atoms with Crippen LogP contribution in [0.2, 0.25) is 10.0 Å². The number of benzene rings is 3.